The SMILES string of the molecule is Cc1cc(F)cc(CN2CCCC(c3cc(C)nc4ncnn34)C2)c1. The summed E-state index contributed by atoms with van der Waals surface area (Å²) in [6.07, 6.45) is 3.80. The van der Waals surface area contributed by atoms with Gasteiger partial charge in [0.2, 0.25) is 0 Å². The van der Waals surface area contributed by atoms with Gasteiger partial charge >= 0.3 is 0 Å². The summed E-state index contributed by atoms with van der Waals surface area (Å²) in [5.41, 5.74) is 4.14. The van der Waals surface area contributed by atoms with Crippen LogP contribution in [0, 0.1) is 19.7 Å². The highest BCUT2D eigenvalue weighted by Crippen LogP contribution is 2.28. The number of halogens is 1. The molecule has 1 atom stereocenters. The molecule has 3 heterocycles. The number of nitrogens with zero attached hydrogens (tertiary/aromatic N) is 5. The van der Waals surface area contributed by atoms with Gasteiger partial charge in [-0.3, -0.25) is 4.90 Å². The zero-order valence-electron chi connectivity index (χ0n) is 14.6. The van der Waals surface area contributed by atoms with Crippen LogP contribution >= 0.6 is 0 Å². The summed E-state index contributed by atoms with van der Waals surface area (Å²) in [4.78, 5) is 11.1. The fourth-order valence-electron chi connectivity index (χ4n) is 3.85. The molecule has 0 N–H and O–H groups in total. The summed E-state index contributed by atoms with van der Waals surface area (Å²) in [5.74, 6) is 0.889. The molecule has 4 rings (SSSR count). The van der Waals surface area contributed by atoms with Crippen molar-refractivity contribution in [3.63, 3.8) is 0 Å². The predicted octanol–water partition coefficient (Wildman–Crippen LogP) is 3.26. The number of aromatic nitrogens is 4. The van der Waals surface area contributed by atoms with Gasteiger partial charge in [0, 0.05) is 24.7 Å². The highest BCUT2D eigenvalue weighted by molar-refractivity contribution is 5.31. The average molecular weight is 339 g/mol. The molecule has 25 heavy (non-hydrogen) atoms. The zero-order chi connectivity index (χ0) is 17.4. The van der Waals surface area contributed by atoms with Gasteiger partial charge in [0.1, 0.15) is 12.1 Å². The number of hydrogen-bond acceptors (Lipinski definition) is 4. The van der Waals surface area contributed by atoms with E-state index in [9.17, 15) is 4.39 Å². The fraction of sp³-hybridized carbons (Fsp3) is 0.421. The largest absolute Gasteiger partial charge is 0.298 e. The van der Waals surface area contributed by atoms with Crippen molar-refractivity contribution in [3.05, 3.63) is 58.9 Å². The van der Waals surface area contributed by atoms with Crippen LogP contribution < -0.4 is 0 Å². The van der Waals surface area contributed by atoms with Crippen LogP contribution in [0.1, 0.15) is 41.3 Å². The van der Waals surface area contributed by atoms with Gasteiger partial charge in [-0.1, -0.05) is 6.07 Å². The molecule has 0 spiro atoms. The minimum Gasteiger partial charge on any atom is -0.298 e. The zero-order valence-corrected chi connectivity index (χ0v) is 14.6. The first kappa shape index (κ1) is 16.1. The third-order valence-electron chi connectivity index (χ3n) is 4.84. The van der Waals surface area contributed by atoms with Crippen molar-refractivity contribution in [2.75, 3.05) is 13.1 Å². The van der Waals surface area contributed by atoms with Crippen LogP contribution in [0.25, 0.3) is 5.78 Å². The van der Waals surface area contributed by atoms with Crippen LogP contribution in [-0.2, 0) is 6.54 Å². The molecule has 0 radical (unpaired) electrons. The van der Waals surface area contributed by atoms with Crippen molar-refractivity contribution in [1.29, 1.82) is 0 Å². The van der Waals surface area contributed by atoms with Gasteiger partial charge in [0.15, 0.2) is 0 Å². The van der Waals surface area contributed by atoms with Gasteiger partial charge in [-0.2, -0.15) is 10.1 Å². The van der Waals surface area contributed by atoms with E-state index in [0.29, 0.717) is 11.7 Å². The molecule has 130 valence electrons. The van der Waals surface area contributed by atoms with E-state index in [1.807, 2.05) is 18.4 Å². The van der Waals surface area contributed by atoms with Crippen LogP contribution in [0.4, 0.5) is 4.39 Å². The van der Waals surface area contributed by atoms with Crippen molar-refractivity contribution in [3.8, 4) is 0 Å². The van der Waals surface area contributed by atoms with E-state index in [0.717, 1.165) is 49.3 Å². The van der Waals surface area contributed by atoms with Crippen molar-refractivity contribution in [1.82, 2.24) is 24.5 Å². The maximum absolute atomic E-state index is 13.7. The Bertz CT molecular complexity index is 884. The smallest absolute Gasteiger partial charge is 0.252 e. The van der Waals surface area contributed by atoms with E-state index < -0.39 is 0 Å². The number of fused-ring (bicyclic) bond motifs is 1. The van der Waals surface area contributed by atoms with Crippen LogP contribution in [0.3, 0.4) is 0 Å². The number of benzene rings is 1. The Hall–Kier alpha value is -2.34. The van der Waals surface area contributed by atoms with Gasteiger partial charge < -0.3 is 0 Å². The van der Waals surface area contributed by atoms with Gasteiger partial charge in [-0.05, 0) is 62.6 Å². The summed E-state index contributed by atoms with van der Waals surface area (Å²) in [6.45, 7) is 6.69. The average Bonchev–Trinajstić information content (AvgIpc) is 3.01. The normalized spacial score (nSPS) is 18.8. The summed E-state index contributed by atoms with van der Waals surface area (Å²) < 4.78 is 15.5. The van der Waals surface area contributed by atoms with Crippen molar-refractivity contribution in [2.45, 2.75) is 39.2 Å². The molecule has 5 nitrogen and oxygen atoms in total. The van der Waals surface area contributed by atoms with E-state index in [1.165, 1.54) is 5.69 Å². The first-order valence-electron chi connectivity index (χ1n) is 8.74. The number of piperidine rings is 1. The van der Waals surface area contributed by atoms with E-state index in [2.05, 4.69) is 32.1 Å². The second-order valence-corrected chi connectivity index (χ2v) is 7.01. The molecule has 1 aliphatic heterocycles. The summed E-state index contributed by atoms with van der Waals surface area (Å²) >= 11 is 0. The van der Waals surface area contributed by atoms with E-state index in [-0.39, 0.29) is 5.82 Å². The fourth-order valence-corrected chi connectivity index (χ4v) is 3.85. The molecule has 1 aliphatic rings. The van der Waals surface area contributed by atoms with Gasteiger partial charge in [0.25, 0.3) is 5.78 Å². The maximum atomic E-state index is 13.7. The minimum absolute atomic E-state index is 0.155. The van der Waals surface area contributed by atoms with Crippen LogP contribution in [0.2, 0.25) is 0 Å². The van der Waals surface area contributed by atoms with E-state index in [4.69, 9.17) is 0 Å². The van der Waals surface area contributed by atoms with E-state index in [1.54, 1.807) is 18.5 Å². The molecule has 1 unspecified atom stereocenters. The lowest BCUT2D eigenvalue weighted by atomic mass is 9.93. The number of hydrogen-bond donors (Lipinski definition) is 0. The van der Waals surface area contributed by atoms with Crippen LogP contribution in [-0.4, -0.2) is 37.6 Å². The molecule has 0 aliphatic carbocycles. The highest BCUT2D eigenvalue weighted by atomic mass is 19.1. The molecule has 1 aromatic carbocycles. The molecule has 0 bridgehead atoms. The number of aryl methyl sites for hydroxylation is 2. The lowest BCUT2D eigenvalue weighted by Gasteiger charge is -2.33. The monoisotopic (exact) mass is 339 g/mol. The summed E-state index contributed by atoms with van der Waals surface area (Å²) in [5, 5.41) is 4.34. The topological polar surface area (TPSA) is 46.3 Å². The molecule has 0 saturated carbocycles. The van der Waals surface area contributed by atoms with Crippen molar-refractivity contribution < 1.29 is 4.39 Å². The molecule has 1 fully saturated rings. The first-order chi connectivity index (χ1) is 12.1. The number of likely N-dealkylation sites (tertiary alicyclic amines) is 1. The predicted molar refractivity (Wildman–Crippen MR) is 93.9 cm³/mol. The van der Waals surface area contributed by atoms with Crippen molar-refractivity contribution in [2.24, 2.45) is 0 Å². The first-order valence-corrected chi connectivity index (χ1v) is 8.74. The van der Waals surface area contributed by atoms with Crippen LogP contribution in [0.15, 0.2) is 30.6 Å². The van der Waals surface area contributed by atoms with Gasteiger partial charge in [-0.25, -0.2) is 13.9 Å². The van der Waals surface area contributed by atoms with Gasteiger partial charge in [-0.15, -0.1) is 0 Å². The molecular weight excluding hydrogens is 317 g/mol. The van der Waals surface area contributed by atoms with Crippen LogP contribution in [0.5, 0.6) is 0 Å². The Morgan fingerprint density at radius 2 is 2.08 bits per heavy atom. The quantitative estimate of drug-likeness (QED) is 0.735. The third kappa shape index (κ3) is 3.39. The number of rotatable bonds is 3. The molecule has 3 aromatic rings. The highest BCUT2D eigenvalue weighted by Gasteiger charge is 2.24. The van der Waals surface area contributed by atoms with E-state index >= 15 is 0 Å². The molecule has 1 saturated heterocycles. The Balaban J connectivity index is 1.57. The molecule has 0 amide bonds. The Labute approximate surface area is 146 Å². The molecule has 6 heteroatoms. The standard InChI is InChI=1S/C19H22FN5/c1-13-6-15(9-17(20)7-13)10-24-5-3-4-16(11-24)18-8-14(2)23-19-21-12-22-25(18)19/h6-9,12,16H,3-5,10-11H2,1-2H3. The van der Waals surface area contributed by atoms with Crippen molar-refractivity contribution >= 4 is 5.78 Å². The second-order valence-electron chi connectivity index (χ2n) is 7.01. The third-order valence-corrected chi connectivity index (χ3v) is 4.84. The lowest BCUT2D eigenvalue weighted by molar-refractivity contribution is 0.197. The molecular formula is C19H22FN5. The van der Waals surface area contributed by atoms with Gasteiger partial charge in [0.05, 0.1) is 5.69 Å². The lowest BCUT2D eigenvalue weighted by Crippen LogP contribution is -2.34. The Morgan fingerprint density at radius 1 is 1.20 bits per heavy atom. The molecule has 2 aromatic heterocycles. The second kappa shape index (κ2) is 6.52. The maximum Gasteiger partial charge on any atom is 0.252 e. The summed E-state index contributed by atoms with van der Waals surface area (Å²) in [6, 6.07) is 7.40. The Kier molecular flexibility index (Phi) is 4.21. The summed E-state index contributed by atoms with van der Waals surface area (Å²) in [7, 11) is 0. The minimum atomic E-state index is -0.155. The Morgan fingerprint density at radius 3 is 2.92 bits per heavy atom.